The molecule has 0 bridgehead atoms. The van der Waals surface area contributed by atoms with Gasteiger partial charge in [-0.25, -0.2) is 0 Å². The average molecular weight is 303 g/mol. The molecule has 21 heavy (non-hydrogen) atoms. The minimum atomic E-state index is 0.320. The molecule has 114 valence electrons. The number of hydrogen-bond acceptors (Lipinski definition) is 3. The number of benzene rings is 1. The minimum Gasteiger partial charge on any atom is -0.496 e. The minimum absolute atomic E-state index is 0.320. The van der Waals surface area contributed by atoms with Crippen LogP contribution in [0.2, 0.25) is 0 Å². The Labute approximate surface area is 132 Å². The fraction of sp³-hybridized carbons (Fsp3) is 0.444. The maximum Gasteiger partial charge on any atom is 0.134 e. The quantitative estimate of drug-likeness (QED) is 0.803. The summed E-state index contributed by atoms with van der Waals surface area (Å²) in [6, 6.07) is 9.17. The van der Waals surface area contributed by atoms with Crippen molar-refractivity contribution in [3.05, 3.63) is 51.2 Å². The molecule has 0 aliphatic rings. The Bertz CT molecular complexity index is 556. The fourth-order valence-corrected chi connectivity index (χ4v) is 3.67. The summed E-state index contributed by atoms with van der Waals surface area (Å²) in [4.78, 5) is 1.30. The summed E-state index contributed by atoms with van der Waals surface area (Å²) in [6.07, 6.45) is 2.14. The zero-order chi connectivity index (χ0) is 15.2. The summed E-state index contributed by atoms with van der Waals surface area (Å²) < 4.78 is 5.50. The van der Waals surface area contributed by atoms with Crippen LogP contribution in [0.25, 0.3) is 0 Å². The maximum absolute atomic E-state index is 5.50. The highest BCUT2D eigenvalue weighted by atomic mass is 32.1. The predicted molar refractivity (Wildman–Crippen MR) is 91.5 cm³/mol. The van der Waals surface area contributed by atoms with Crippen LogP contribution < -0.4 is 10.1 Å². The highest BCUT2D eigenvalue weighted by Gasteiger charge is 2.17. The first kappa shape index (κ1) is 16.1. The van der Waals surface area contributed by atoms with E-state index in [0.717, 1.165) is 25.1 Å². The van der Waals surface area contributed by atoms with Crippen molar-refractivity contribution < 1.29 is 4.74 Å². The SMILES string of the molecule is CCCNC(Cc1cc(C)cc(C)c1)c1sccc1OC. The van der Waals surface area contributed by atoms with Gasteiger partial charge in [0.2, 0.25) is 0 Å². The van der Waals surface area contributed by atoms with Crippen LogP contribution in [0.4, 0.5) is 0 Å². The second-order valence-electron chi connectivity index (χ2n) is 5.56. The molecule has 1 unspecified atom stereocenters. The number of ether oxygens (including phenoxy) is 1. The second kappa shape index (κ2) is 7.62. The van der Waals surface area contributed by atoms with Gasteiger partial charge in [0, 0.05) is 6.04 Å². The van der Waals surface area contributed by atoms with Crippen molar-refractivity contribution in [2.75, 3.05) is 13.7 Å². The van der Waals surface area contributed by atoms with Gasteiger partial charge < -0.3 is 10.1 Å². The standard InChI is InChI=1S/C18H25NOS/c1-5-7-19-16(18-17(20-4)6-8-21-18)12-15-10-13(2)9-14(3)11-15/h6,8-11,16,19H,5,7,12H2,1-4H3. The lowest BCUT2D eigenvalue weighted by atomic mass is 10.00. The summed E-state index contributed by atoms with van der Waals surface area (Å²) in [5.74, 6) is 0.998. The van der Waals surface area contributed by atoms with Gasteiger partial charge in [-0.05, 0) is 50.2 Å². The second-order valence-corrected chi connectivity index (χ2v) is 6.51. The lowest BCUT2D eigenvalue weighted by molar-refractivity contribution is 0.402. The van der Waals surface area contributed by atoms with E-state index >= 15 is 0 Å². The number of nitrogens with one attached hydrogen (secondary N) is 1. The van der Waals surface area contributed by atoms with E-state index in [0.29, 0.717) is 6.04 Å². The van der Waals surface area contributed by atoms with Crippen molar-refractivity contribution >= 4 is 11.3 Å². The predicted octanol–water partition coefficient (Wildman–Crippen LogP) is 4.66. The molecule has 0 radical (unpaired) electrons. The maximum atomic E-state index is 5.50. The van der Waals surface area contributed by atoms with Crippen molar-refractivity contribution in [3.8, 4) is 5.75 Å². The van der Waals surface area contributed by atoms with Gasteiger partial charge in [-0.15, -0.1) is 11.3 Å². The van der Waals surface area contributed by atoms with E-state index in [2.05, 4.69) is 55.7 Å². The Morgan fingerprint density at radius 3 is 2.52 bits per heavy atom. The Morgan fingerprint density at radius 1 is 1.19 bits per heavy atom. The van der Waals surface area contributed by atoms with E-state index in [1.54, 1.807) is 18.4 Å². The van der Waals surface area contributed by atoms with Crippen LogP contribution in [0.15, 0.2) is 29.6 Å². The van der Waals surface area contributed by atoms with Crippen molar-refractivity contribution in [1.82, 2.24) is 5.32 Å². The number of rotatable bonds is 7. The summed E-state index contributed by atoms with van der Waals surface area (Å²) in [6.45, 7) is 7.55. The van der Waals surface area contributed by atoms with Crippen LogP contribution in [0.3, 0.4) is 0 Å². The molecule has 1 aromatic heterocycles. The third-order valence-electron chi connectivity index (χ3n) is 3.56. The summed E-state index contributed by atoms with van der Waals surface area (Å²) in [5, 5.41) is 5.77. The molecular formula is C18H25NOS. The number of aryl methyl sites for hydroxylation is 2. The van der Waals surface area contributed by atoms with Gasteiger partial charge >= 0.3 is 0 Å². The van der Waals surface area contributed by atoms with Crippen LogP contribution in [0.5, 0.6) is 5.75 Å². The molecule has 0 aliphatic heterocycles. The van der Waals surface area contributed by atoms with E-state index in [9.17, 15) is 0 Å². The average Bonchev–Trinajstić information content (AvgIpc) is 2.90. The molecule has 3 heteroatoms. The van der Waals surface area contributed by atoms with E-state index in [4.69, 9.17) is 4.74 Å². The van der Waals surface area contributed by atoms with E-state index in [1.807, 2.05) is 0 Å². The monoisotopic (exact) mass is 303 g/mol. The summed E-state index contributed by atoms with van der Waals surface area (Å²) >= 11 is 1.77. The van der Waals surface area contributed by atoms with Gasteiger partial charge in [-0.3, -0.25) is 0 Å². The lowest BCUT2D eigenvalue weighted by Crippen LogP contribution is -2.23. The molecule has 2 rings (SSSR count). The van der Waals surface area contributed by atoms with Crippen LogP contribution >= 0.6 is 11.3 Å². The largest absolute Gasteiger partial charge is 0.496 e. The van der Waals surface area contributed by atoms with Crippen LogP contribution in [-0.2, 0) is 6.42 Å². The van der Waals surface area contributed by atoms with Crippen LogP contribution in [0.1, 0.15) is 41.0 Å². The normalized spacial score (nSPS) is 12.4. The topological polar surface area (TPSA) is 21.3 Å². The number of hydrogen-bond donors (Lipinski definition) is 1. The highest BCUT2D eigenvalue weighted by Crippen LogP contribution is 2.33. The third-order valence-corrected chi connectivity index (χ3v) is 4.57. The molecule has 0 aliphatic carbocycles. The van der Waals surface area contributed by atoms with Crippen molar-refractivity contribution in [2.24, 2.45) is 0 Å². The first-order valence-electron chi connectivity index (χ1n) is 7.56. The Kier molecular flexibility index (Phi) is 5.83. The summed E-state index contributed by atoms with van der Waals surface area (Å²) in [5.41, 5.74) is 4.05. The number of thiophene rings is 1. The van der Waals surface area contributed by atoms with Crippen LogP contribution in [0, 0.1) is 13.8 Å². The van der Waals surface area contributed by atoms with Crippen molar-refractivity contribution in [2.45, 2.75) is 39.7 Å². The fourth-order valence-electron chi connectivity index (χ4n) is 2.73. The molecular weight excluding hydrogens is 278 g/mol. The molecule has 1 heterocycles. The Hall–Kier alpha value is -1.32. The molecule has 0 fully saturated rings. The smallest absolute Gasteiger partial charge is 0.134 e. The zero-order valence-corrected chi connectivity index (χ0v) is 14.2. The van der Waals surface area contributed by atoms with E-state index in [-0.39, 0.29) is 0 Å². The number of methoxy groups -OCH3 is 1. The van der Waals surface area contributed by atoms with Crippen molar-refractivity contribution in [3.63, 3.8) is 0 Å². The summed E-state index contributed by atoms with van der Waals surface area (Å²) in [7, 11) is 1.75. The van der Waals surface area contributed by atoms with Gasteiger partial charge in [-0.2, -0.15) is 0 Å². The molecule has 1 atom stereocenters. The molecule has 2 aromatic rings. The molecule has 0 saturated carbocycles. The Morgan fingerprint density at radius 2 is 1.90 bits per heavy atom. The first-order chi connectivity index (χ1) is 10.1. The molecule has 0 spiro atoms. The van der Waals surface area contributed by atoms with Gasteiger partial charge in [0.1, 0.15) is 5.75 Å². The zero-order valence-electron chi connectivity index (χ0n) is 13.4. The molecule has 1 N–H and O–H groups in total. The van der Waals surface area contributed by atoms with Crippen LogP contribution in [-0.4, -0.2) is 13.7 Å². The molecule has 1 aromatic carbocycles. The van der Waals surface area contributed by atoms with Gasteiger partial charge in [-0.1, -0.05) is 36.2 Å². The molecule has 2 nitrogen and oxygen atoms in total. The Balaban J connectivity index is 2.23. The van der Waals surface area contributed by atoms with Gasteiger partial charge in [0.05, 0.1) is 12.0 Å². The van der Waals surface area contributed by atoms with Crippen molar-refractivity contribution in [1.29, 1.82) is 0 Å². The van der Waals surface area contributed by atoms with E-state index in [1.165, 1.54) is 21.6 Å². The highest BCUT2D eigenvalue weighted by molar-refractivity contribution is 7.10. The van der Waals surface area contributed by atoms with Gasteiger partial charge in [0.25, 0.3) is 0 Å². The van der Waals surface area contributed by atoms with Gasteiger partial charge in [0.15, 0.2) is 0 Å². The third kappa shape index (κ3) is 4.32. The van der Waals surface area contributed by atoms with E-state index < -0.39 is 0 Å². The lowest BCUT2D eigenvalue weighted by Gasteiger charge is -2.19. The first-order valence-corrected chi connectivity index (χ1v) is 8.44. The molecule has 0 amide bonds. The molecule has 0 saturated heterocycles.